The third-order valence-corrected chi connectivity index (χ3v) is 2.95. The van der Waals surface area contributed by atoms with E-state index in [1.807, 2.05) is 0 Å². The number of carbonyl (C=O) groups is 1. The van der Waals surface area contributed by atoms with Gasteiger partial charge in [-0.1, -0.05) is 13.0 Å². The molecule has 0 spiro atoms. The van der Waals surface area contributed by atoms with Crippen LogP contribution < -0.4 is 0 Å². The average Bonchev–Trinajstić information content (AvgIpc) is 2.24. The predicted octanol–water partition coefficient (Wildman–Crippen LogP) is 4.91. The van der Waals surface area contributed by atoms with Gasteiger partial charge in [-0.25, -0.2) is 0 Å². The molecule has 8 heteroatoms. The molecule has 1 rings (SSSR count). The average molecular weight is 302 g/mol. The number of benzene rings is 1. The second kappa shape index (κ2) is 5.44. The molecule has 0 aliphatic rings. The van der Waals surface area contributed by atoms with Crippen LogP contribution in [0.25, 0.3) is 0 Å². The summed E-state index contributed by atoms with van der Waals surface area (Å²) < 4.78 is 75.0. The Labute approximate surface area is 109 Å². The molecule has 0 N–H and O–H groups in total. The number of hydrogen-bond donors (Lipinski definition) is 0. The van der Waals surface area contributed by atoms with Crippen LogP contribution in [0.2, 0.25) is 0 Å². The van der Waals surface area contributed by atoms with Crippen molar-refractivity contribution >= 4 is 17.5 Å². The third kappa shape index (κ3) is 4.15. The highest BCUT2D eigenvalue weighted by Crippen LogP contribution is 2.42. The lowest BCUT2D eigenvalue weighted by Crippen LogP contribution is -2.15. The summed E-state index contributed by atoms with van der Waals surface area (Å²) in [4.78, 5) is 10.8. The fraction of sp³-hybridized carbons (Fsp3) is 0.364. The number of alkyl halides is 6. The van der Waals surface area contributed by atoms with Crippen LogP contribution in [0.3, 0.4) is 0 Å². The van der Waals surface area contributed by atoms with Crippen LogP contribution in [-0.2, 0) is 6.18 Å². The van der Waals surface area contributed by atoms with Gasteiger partial charge in [0.05, 0.1) is 5.56 Å². The minimum atomic E-state index is -4.87. The molecular formula is C11H8F6OS. The number of halogens is 6. The van der Waals surface area contributed by atoms with Gasteiger partial charge in [-0.05, 0) is 23.9 Å². The van der Waals surface area contributed by atoms with Gasteiger partial charge in [-0.15, -0.1) is 0 Å². The van der Waals surface area contributed by atoms with Crippen LogP contribution in [-0.4, -0.2) is 11.3 Å². The molecule has 106 valence electrons. The van der Waals surface area contributed by atoms with Gasteiger partial charge in [0, 0.05) is 16.9 Å². The molecule has 0 heterocycles. The van der Waals surface area contributed by atoms with Gasteiger partial charge in [-0.2, -0.15) is 26.3 Å². The fourth-order valence-electron chi connectivity index (χ4n) is 1.44. The molecule has 1 nitrogen and oxygen atoms in total. The molecule has 0 saturated carbocycles. The molecule has 0 amide bonds. The Kier molecular flexibility index (Phi) is 4.54. The van der Waals surface area contributed by atoms with E-state index in [2.05, 4.69) is 0 Å². The maximum atomic E-state index is 12.7. The molecule has 19 heavy (non-hydrogen) atoms. The lowest BCUT2D eigenvalue weighted by Gasteiger charge is -2.16. The molecule has 0 aromatic heterocycles. The quantitative estimate of drug-likeness (QED) is 0.448. The number of thioether (sulfide) groups is 1. The van der Waals surface area contributed by atoms with Gasteiger partial charge in [0.15, 0.2) is 5.78 Å². The lowest BCUT2D eigenvalue weighted by molar-refractivity contribution is -0.138. The normalized spacial score (nSPS) is 12.6. The molecule has 1 aromatic rings. The van der Waals surface area contributed by atoms with Crippen LogP contribution >= 0.6 is 11.8 Å². The molecule has 0 bridgehead atoms. The first-order valence-electron chi connectivity index (χ1n) is 5.05. The topological polar surface area (TPSA) is 17.1 Å². The molecule has 0 aliphatic heterocycles. The van der Waals surface area contributed by atoms with Gasteiger partial charge in [0.1, 0.15) is 0 Å². The molecular weight excluding hydrogens is 294 g/mol. The van der Waals surface area contributed by atoms with Crippen molar-refractivity contribution in [2.24, 2.45) is 0 Å². The fourth-order valence-corrected chi connectivity index (χ4v) is 2.16. The summed E-state index contributed by atoms with van der Waals surface area (Å²) in [6.45, 7) is 1.29. The monoisotopic (exact) mass is 302 g/mol. The zero-order valence-electron chi connectivity index (χ0n) is 9.52. The van der Waals surface area contributed by atoms with E-state index in [0.717, 1.165) is 12.1 Å². The van der Waals surface area contributed by atoms with Crippen molar-refractivity contribution in [2.75, 3.05) is 0 Å². The van der Waals surface area contributed by atoms with E-state index in [-0.39, 0.29) is 6.42 Å². The Hall–Kier alpha value is -1.18. The van der Waals surface area contributed by atoms with Crippen molar-refractivity contribution in [2.45, 2.75) is 29.9 Å². The number of hydrogen-bond acceptors (Lipinski definition) is 2. The summed E-state index contributed by atoms with van der Waals surface area (Å²) in [6, 6.07) is 2.31. The number of rotatable bonds is 3. The van der Waals surface area contributed by atoms with Crippen molar-refractivity contribution < 1.29 is 31.1 Å². The van der Waals surface area contributed by atoms with Crippen molar-refractivity contribution in [1.29, 1.82) is 0 Å². The first-order chi connectivity index (χ1) is 8.56. The summed E-state index contributed by atoms with van der Waals surface area (Å²) in [7, 11) is 0. The molecule has 0 aliphatic carbocycles. The Morgan fingerprint density at radius 3 is 2.16 bits per heavy atom. The highest BCUT2D eigenvalue weighted by atomic mass is 32.2. The number of carbonyl (C=O) groups excluding carboxylic acids is 1. The molecule has 1 aromatic carbocycles. The van der Waals surface area contributed by atoms with Gasteiger partial charge >= 0.3 is 11.7 Å². The smallest absolute Gasteiger partial charge is 0.294 e. The van der Waals surface area contributed by atoms with Crippen LogP contribution in [0, 0.1) is 0 Å². The highest BCUT2D eigenvalue weighted by molar-refractivity contribution is 8.00. The Morgan fingerprint density at radius 1 is 1.16 bits per heavy atom. The number of Topliss-reactive ketones (excluding diaryl/α,β-unsaturated/α-hetero) is 1. The predicted molar refractivity (Wildman–Crippen MR) is 58.0 cm³/mol. The van der Waals surface area contributed by atoms with Gasteiger partial charge in [-0.3, -0.25) is 4.79 Å². The van der Waals surface area contributed by atoms with E-state index in [0.29, 0.717) is 6.07 Å². The van der Waals surface area contributed by atoms with Crippen LogP contribution in [0.1, 0.15) is 29.3 Å². The van der Waals surface area contributed by atoms with E-state index >= 15 is 0 Å². The zero-order valence-corrected chi connectivity index (χ0v) is 10.3. The van der Waals surface area contributed by atoms with E-state index < -0.39 is 45.3 Å². The highest BCUT2D eigenvalue weighted by Gasteiger charge is 2.38. The second-order valence-corrected chi connectivity index (χ2v) is 4.61. The Morgan fingerprint density at radius 2 is 1.74 bits per heavy atom. The summed E-state index contributed by atoms with van der Waals surface area (Å²) in [6.07, 6.45) is -5.18. The SMILES string of the molecule is CCC(=O)c1c(SC(F)(F)F)cccc1C(F)(F)F. The minimum absolute atomic E-state index is 0.307. The van der Waals surface area contributed by atoms with E-state index in [4.69, 9.17) is 0 Å². The maximum Gasteiger partial charge on any atom is 0.446 e. The van der Waals surface area contributed by atoms with Crippen molar-refractivity contribution in [1.82, 2.24) is 0 Å². The van der Waals surface area contributed by atoms with Crippen LogP contribution in [0.4, 0.5) is 26.3 Å². The maximum absolute atomic E-state index is 12.7. The first kappa shape index (κ1) is 15.9. The van der Waals surface area contributed by atoms with Crippen molar-refractivity contribution in [3.05, 3.63) is 29.3 Å². The Bertz CT molecular complexity index is 477. The van der Waals surface area contributed by atoms with E-state index in [1.54, 1.807) is 0 Å². The summed E-state index contributed by atoms with van der Waals surface area (Å²) in [5.74, 6) is -0.973. The zero-order chi connectivity index (χ0) is 14.8. The molecule has 0 radical (unpaired) electrons. The van der Waals surface area contributed by atoms with Crippen molar-refractivity contribution in [3.63, 3.8) is 0 Å². The van der Waals surface area contributed by atoms with E-state index in [9.17, 15) is 31.1 Å². The summed E-state index contributed by atoms with van der Waals surface area (Å²) in [5, 5.41) is 0. The van der Waals surface area contributed by atoms with Crippen LogP contribution in [0.15, 0.2) is 23.1 Å². The number of ketones is 1. The van der Waals surface area contributed by atoms with Crippen molar-refractivity contribution in [3.8, 4) is 0 Å². The van der Waals surface area contributed by atoms with Crippen LogP contribution in [0.5, 0.6) is 0 Å². The second-order valence-electron chi connectivity index (χ2n) is 3.50. The summed E-state index contributed by atoms with van der Waals surface area (Å²) >= 11 is -0.719. The Balaban J connectivity index is 3.44. The lowest BCUT2D eigenvalue weighted by atomic mass is 10.0. The van der Waals surface area contributed by atoms with E-state index in [1.165, 1.54) is 6.92 Å². The first-order valence-corrected chi connectivity index (χ1v) is 5.87. The van der Waals surface area contributed by atoms with Gasteiger partial charge < -0.3 is 0 Å². The molecule has 0 fully saturated rings. The largest absolute Gasteiger partial charge is 0.446 e. The molecule has 0 saturated heterocycles. The van der Waals surface area contributed by atoms with Gasteiger partial charge in [0.2, 0.25) is 0 Å². The van der Waals surface area contributed by atoms with Gasteiger partial charge in [0.25, 0.3) is 0 Å². The minimum Gasteiger partial charge on any atom is -0.294 e. The molecule has 0 unspecified atom stereocenters. The third-order valence-electron chi connectivity index (χ3n) is 2.16. The molecule has 0 atom stereocenters. The standard InChI is InChI=1S/C11H8F6OS/c1-2-7(18)9-6(10(12,13)14)4-3-5-8(9)19-11(15,16)17/h3-5H,2H2,1H3. The summed E-state index contributed by atoms with van der Waals surface area (Å²) in [5.41, 5.74) is -7.01.